The third-order valence-electron chi connectivity index (χ3n) is 2.78. The minimum Gasteiger partial charge on any atom is -0.388 e. The van der Waals surface area contributed by atoms with Gasteiger partial charge in [0.25, 0.3) is 5.69 Å². The highest BCUT2D eigenvalue weighted by Crippen LogP contribution is 2.27. The van der Waals surface area contributed by atoms with Crippen LogP contribution in [0.3, 0.4) is 0 Å². The van der Waals surface area contributed by atoms with Crippen molar-refractivity contribution < 1.29 is 13.3 Å². The molecule has 0 aliphatic rings. The normalized spacial score (nSPS) is 11.3. The zero-order chi connectivity index (χ0) is 15.5. The number of rotatable bonds is 6. The summed E-state index contributed by atoms with van der Waals surface area (Å²) in [7, 11) is -2.36. The van der Waals surface area contributed by atoms with Crippen LogP contribution in [-0.2, 0) is 16.6 Å². The molecular formula is C12H13N3O4S2. The molecule has 0 radical (unpaired) electrons. The second kappa shape index (κ2) is 6.20. The molecule has 0 bridgehead atoms. The number of thiophene rings is 1. The first-order chi connectivity index (χ1) is 9.94. The van der Waals surface area contributed by atoms with Gasteiger partial charge in [-0.1, -0.05) is 0 Å². The SMILES string of the molecule is CNc1ccc([N+](=O)[O-])c(S(=O)(=O)NCc2ccsc2)c1. The molecule has 1 aromatic carbocycles. The lowest BCUT2D eigenvalue weighted by atomic mass is 10.3. The van der Waals surface area contributed by atoms with Crippen LogP contribution in [0.25, 0.3) is 0 Å². The Balaban J connectivity index is 2.35. The highest BCUT2D eigenvalue weighted by Gasteiger charge is 2.25. The van der Waals surface area contributed by atoms with Crippen LogP contribution in [0, 0.1) is 10.1 Å². The van der Waals surface area contributed by atoms with E-state index in [1.807, 2.05) is 5.38 Å². The summed E-state index contributed by atoms with van der Waals surface area (Å²) in [6, 6.07) is 5.65. The van der Waals surface area contributed by atoms with Crippen LogP contribution in [0.1, 0.15) is 5.56 Å². The lowest BCUT2D eigenvalue weighted by Crippen LogP contribution is -2.24. The van der Waals surface area contributed by atoms with E-state index in [0.717, 1.165) is 5.56 Å². The average Bonchev–Trinajstić information content (AvgIpc) is 2.98. The summed E-state index contributed by atoms with van der Waals surface area (Å²) in [5.74, 6) is 0. The number of anilines is 1. The maximum absolute atomic E-state index is 12.3. The molecule has 0 aliphatic carbocycles. The quantitative estimate of drug-likeness (QED) is 0.625. The molecule has 0 amide bonds. The summed E-state index contributed by atoms with van der Waals surface area (Å²) in [4.78, 5) is 9.93. The molecule has 9 heteroatoms. The van der Waals surface area contributed by atoms with Gasteiger partial charge in [-0.05, 0) is 34.5 Å². The second-order valence-electron chi connectivity index (χ2n) is 4.15. The van der Waals surface area contributed by atoms with Gasteiger partial charge in [-0.15, -0.1) is 0 Å². The molecule has 0 saturated heterocycles. The Labute approximate surface area is 125 Å². The Morgan fingerprint density at radius 1 is 1.33 bits per heavy atom. The first kappa shape index (κ1) is 15.4. The minimum absolute atomic E-state index is 0.0900. The molecule has 112 valence electrons. The van der Waals surface area contributed by atoms with E-state index in [0.29, 0.717) is 5.69 Å². The fourth-order valence-electron chi connectivity index (χ4n) is 1.69. The molecule has 1 heterocycles. The zero-order valence-electron chi connectivity index (χ0n) is 11.1. The van der Waals surface area contributed by atoms with Crippen molar-refractivity contribution in [2.45, 2.75) is 11.4 Å². The fourth-order valence-corrected chi connectivity index (χ4v) is 3.57. The van der Waals surface area contributed by atoms with Crippen molar-refractivity contribution in [1.82, 2.24) is 4.72 Å². The van der Waals surface area contributed by atoms with Crippen molar-refractivity contribution in [3.05, 3.63) is 50.7 Å². The molecule has 0 unspecified atom stereocenters. The van der Waals surface area contributed by atoms with Crippen molar-refractivity contribution >= 4 is 32.7 Å². The van der Waals surface area contributed by atoms with Gasteiger partial charge in [0, 0.05) is 25.3 Å². The van der Waals surface area contributed by atoms with Crippen molar-refractivity contribution in [3.8, 4) is 0 Å². The van der Waals surface area contributed by atoms with Crippen LogP contribution in [0.15, 0.2) is 39.9 Å². The van der Waals surface area contributed by atoms with E-state index in [4.69, 9.17) is 0 Å². The van der Waals surface area contributed by atoms with Gasteiger partial charge >= 0.3 is 0 Å². The van der Waals surface area contributed by atoms with E-state index in [2.05, 4.69) is 10.0 Å². The molecule has 7 nitrogen and oxygen atoms in total. The molecule has 0 saturated carbocycles. The number of hydrogen-bond acceptors (Lipinski definition) is 6. The van der Waals surface area contributed by atoms with Crippen LogP contribution in [0.2, 0.25) is 0 Å². The van der Waals surface area contributed by atoms with E-state index < -0.39 is 20.6 Å². The monoisotopic (exact) mass is 327 g/mol. The molecule has 0 spiro atoms. The summed E-state index contributed by atoms with van der Waals surface area (Å²) in [5.41, 5.74) is 0.833. The van der Waals surface area contributed by atoms with Crippen LogP contribution >= 0.6 is 11.3 Å². The Morgan fingerprint density at radius 2 is 2.10 bits per heavy atom. The summed E-state index contributed by atoms with van der Waals surface area (Å²) in [6.45, 7) is 0.0900. The molecule has 2 N–H and O–H groups in total. The summed E-state index contributed by atoms with van der Waals surface area (Å²) in [6.07, 6.45) is 0. The predicted molar refractivity (Wildman–Crippen MR) is 81.0 cm³/mol. The Hall–Kier alpha value is -1.97. The molecule has 0 aliphatic heterocycles. The van der Waals surface area contributed by atoms with Crippen molar-refractivity contribution in [2.75, 3.05) is 12.4 Å². The lowest BCUT2D eigenvalue weighted by Gasteiger charge is -2.08. The van der Waals surface area contributed by atoms with Crippen molar-refractivity contribution in [1.29, 1.82) is 0 Å². The largest absolute Gasteiger partial charge is 0.388 e. The van der Waals surface area contributed by atoms with Crippen LogP contribution < -0.4 is 10.0 Å². The van der Waals surface area contributed by atoms with E-state index in [-0.39, 0.29) is 11.4 Å². The van der Waals surface area contributed by atoms with Gasteiger partial charge in [0.05, 0.1) is 4.92 Å². The van der Waals surface area contributed by atoms with Crippen molar-refractivity contribution in [2.24, 2.45) is 0 Å². The van der Waals surface area contributed by atoms with Gasteiger partial charge in [0.2, 0.25) is 10.0 Å². The third-order valence-corrected chi connectivity index (χ3v) is 4.94. The zero-order valence-corrected chi connectivity index (χ0v) is 12.7. The number of nitrogens with zero attached hydrogens (tertiary/aromatic N) is 1. The Kier molecular flexibility index (Phi) is 4.56. The van der Waals surface area contributed by atoms with Gasteiger partial charge in [0.15, 0.2) is 4.90 Å². The summed E-state index contributed by atoms with van der Waals surface area (Å²) >= 11 is 1.45. The first-order valence-corrected chi connectivity index (χ1v) is 8.33. The van der Waals surface area contributed by atoms with Gasteiger partial charge in [0.1, 0.15) is 0 Å². The second-order valence-corrected chi connectivity index (χ2v) is 6.66. The summed E-state index contributed by atoms with van der Waals surface area (Å²) < 4.78 is 26.9. The molecule has 1 aromatic heterocycles. The fraction of sp³-hybridized carbons (Fsp3) is 0.167. The number of hydrogen-bond donors (Lipinski definition) is 2. The molecule has 2 aromatic rings. The van der Waals surface area contributed by atoms with E-state index in [9.17, 15) is 18.5 Å². The topological polar surface area (TPSA) is 101 Å². The summed E-state index contributed by atoms with van der Waals surface area (Å²) in [5, 5.41) is 17.4. The third kappa shape index (κ3) is 3.57. The lowest BCUT2D eigenvalue weighted by molar-refractivity contribution is -0.387. The van der Waals surface area contributed by atoms with Gasteiger partial charge in [-0.3, -0.25) is 10.1 Å². The maximum atomic E-state index is 12.3. The number of benzene rings is 1. The number of nitro groups is 1. The average molecular weight is 327 g/mol. The Morgan fingerprint density at radius 3 is 2.67 bits per heavy atom. The first-order valence-electron chi connectivity index (χ1n) is 5.91. The molecule has 0 fully saturated rings. The van der Waals surface area contributed by atoms with Gasteiger partial charge < -0.3 is 5.32 Å². The van der Waals surface area contributed by atoms with Crippen LogP contribution in [0.5, 0.6) is 0 Å². The van der Waals surface area contributed by atoms with E-state index >= 15 is 0 Å². The number of sulfonamides is 1. The maximum Gasteiger partial charge on any atom is 0.289 e. The highest BCUT2D eigenvalue weighted by atomic mass is 32.2. The van der Waals surface area contributed by atoms with Crippen LogP contribution in [-0.4, -0.2) is 20.4 Å². The number of nitrogens with one attached hydrogen (secondary N) is 2. The van der Waals surface area contributed by atoms with Crippen LogP contribution in [0.4, 0.5) is 11.4 Å². The number of nitro benzene ring substituents is 1. The highest BCUT2D eigenvalue weighted by molar-refractivity contribution is 7.89. The van der Waals surface area contributed by atoms with Crippen molar-refractivity contribution in [3.63, 3.8) is 0 Å². The predicted octanol–water partition coefficient (Wildman–Crippen LogP) is 2.18. The smallest absolute Gasteiger partial charge is 0.289 e. The van der Waals surface area contributed by atoms with Gasteiger partial charge in [-0.2, -0.15) is 11.3 Å². The molecule has 2 rings (SSSR count). The molecule has 0 atom stereocenters. The minimum atomic E-state index is -3.97. The Bertz CT molecular complexity index is 742. The molecule has 21 heavy (non-hydrogen) atoms. The van der Waals surface area contributed by atoms with E-state index in [1.54, 1.807) is 18.5 Å². The standard InChI is InChI=1S/C12H13N3O4S2/c1-13-10-2-3-11(15(16)17)12(6-10)21(18,19)14-7-9-4-5-20-8-9/h2-6,8,13-14H,7H2,1H3. The van der Waals surface area contributed by atoms with Gasteiger partial charge in [-0.25, -0.2) is 13.1 Å². The van der Waals surface area contributed by atoms with E-state index in [1.165, 1.54) is 29.5 Å². The molecular weight excluding hydrogens is 314 g/mol.